The third-order valence-electron chi connectivity index (χ3n) is 6.38. The van der Waals surface area contributed by atoms with E-state index in [9.17, 15) is 18.0 Å². The molecule has 214 valence electrons. The van der Waals surface area contributed by atoms with E-state index in [0.29, 0.717) is 12.3 Å². The molecule has 1 atom stereocenters. The average molecular weight is 631 g/mol. The van der Waals surface area contributed by atoms with E-state index in [2.05, 4.69) is 21.2 Å². The van der Waals surface area contributed by atoms with Crippen LogP contribution in [0.15, 0.2) is 83.3 Å². The molecular formula is C30H36BrN3O5S. The third-order valence-corrected chi connectivity index (χ3v) is 8.00. The number of anilines is 1. The Morgan fingerprint density at radius 2 is 1.65 bits per heavy atom. The number of carbonyl (C=O) groups is 2. The van der Waals surface area contributed by atoms with E-state index in [-0.39, 0.29) is 24.6 Å². The van der Waals surface area contributed by atoms with Gasteiger partial charge in [0.2, 0.25) is 21.8 Å². The molecule has 10 heteroatoms. The highest BCUT2D eigenvalue weighted by atomic mass is 79.9. The molecule has 3 rings (SSSR count). The van der Waals surface area contributed by atoms with Crippen LogP contribution in [0.3, 0.4) is 0 Å². The fourth-order valence-corrected chi connectivity index (χ4v) is 5.62. The van der Waals surface area contributed by atoms with Crippen molar-refractivity contribution in [1.82, 2.24) is 10.2 Å². The van der Waals surface area contributed by atoms with Gasteiger partial charge >= 0.3 is 0 Å². The molecule has 0 unspecified atom stereocenters. The van der Waals surface area contributed by atoms with Crippen LogP contribution in [0, 0.1) is 0 Å². The molecule has 2 amide bonds. The van der Waals surface area contributed by atoms with Crippen LogP contribution in [-0.2, 0) is 32.6 Å². The van der Waals surface area contributed by atoms with E-state index in [1.165, 1.54) is 12.0 Å². The lowest BCUT2D eigenvalue weighted by molar-refractivity contribution is -0.140. The number of nitrogens with one attached hydrogen (secondary N) is 1. The van der Waals surface area contributed by atoms with Gasteiger partial charge < -0.3 is 15.0 Å². The zero-order valence-electron chi connectivity index (χ0n) is 23.0. The number of hydrogen-bond acceptors (Lipinski definition) is 5. The van der Waals surface area contributed by atoms with E-state index in [1.807, 2.05) is 61.5 Å². The highest BCUT2D eigenvalue weighted by Crippen LogP contribution is 2.30. The average Bonchev–Trinajstić information content (AvgIpc) is 2.93. The summed E-state index contributed by atoms with van der Waals surface area (Å²) >= 11 is 3.48. The Kier molecular flexibility index (Phi) is 11.6. The highest BCUT2D eigenvalue weighted by Gasteiger charge is 2.33. The number of sulfonamides is 1. The summed E-state index contributed by atoms with van der Waals surface area (Å²) in [5, 5.41) is 2.98. The maximum absolute atomic E-state index is 14.1. The molecule has 0 bridgehead atoms. The molecule has 0 aromatic heterocycles. The Morgan fingerprint density at radius 3 is 2.30 bits per heavy atom. The minimum atomic E-state index is -3.88. The highest BCUT2D eigenvalue weighted by molar-refractivity contribution is 9.10. The molecule has 3 aromatic rings. The van der Waals surface area contributed by atoms with Gasteiger partial charge in [-0.1, -0.05) is 83.9 Å². The summed E-state index contributed by atoms with van der Waals surface area (Å²) in [6, 6.07) is 22.7. The van der Waals surface area contributed by atoms with E-state index in [1.54, 1.807) is 24.3 Å². The molecule has 0 aliphatic rings. The first kappa shape index (κ1) is 31.2. The number of ether oxygens (including phenoxy) is 1. The van der Waals surface area contributed by atoms with Crippen molar-refractivity contribution < 1.29 is 22.7 Å². The summed E-state index contributed by atoms with van der Waals surface area (Å²) in [6.07, 6.45) is 3.03. The maximum atomic E-state index is 14.1. The van der Waals surface area contributed by atoms with Crippen LogP contribution in [0.2, 0.25) is 0 Å². The second-order valence-electron chi connectivity index (χ2n) is 9.44. The minimum absolute atomic E-state index is 0.112. The number of benzene rings is 3. The predicted molar refractivity (Wildman–Crippen MR) is 162 cm³/mol. The standard InChI is InChI=1S/C30H36BrN3O5S/c1-4-5-18-32-30(36)27(20-23-12-7-6-8-13-23)33(21-24-14-11-15-25(31)19-24)29(35)22-34(40(3,37)38)26-16-9-10-17-28(26)39-2/h6-17,19,27H,4-5,18,20-22H2,1-3H3,(H,32,36)/t27-/m0/s1. The molecule has 0 heterocycles. The van der Waals surface area contributed by atoms with Crippen molar-refractivity contribution in [3.05, 3.63) is 94.5 Å². The molecule has 40 heavy (non-hydrogen) atoms. The van der Waals surface area contributed by atoms with Crippen molar-refractivity contribution in [1.29, 1.82) is 0 Å². The zero-order chi connectivity index (χ0) is 29.1. The molecular weight excluding hydrogens is 594 g/mol. The van der Waals surface area contributed by atoms with Crippen LogP contribution in [-0.4, -0.2) is 57.6 Å². The van der Waals surface area contributed by atoms with Crippen LogP contribution in [0.4, 0.5) is 5.69 Å². The predicted octanol–water partition coefficient (Wildman–Crippen LogP) is 4.78. The Labute approximate surface area is 245 Å². The Balaban J connectivity index is 2.05. The van der Waals surface area contributed by atoms with Gasteiger partial charge in [-0.15, -0.1) is 0 Å². The fourth-order valence-electron chi connectivity index (χ4n) is 4.32. The number of halogens is 1. The van der Waals surface area contributed by atoms with Crippen LogP contribution in [0.25, 0.3) is 0 Å². The molecule has 0 radical (unpaired) electrons. The van der Waals surface area contributed by atoms with Gasteiger partial charge in [-0.3, -0.25) is 13.9 Å². The largest absolute Gasteiger partial charge is 0.495 e. The molecule has 0 aliphatic heterocycles. The first-order chi connectivity index (χ1) is 19.1. The number of para-hydroxylation sites is 2. The van der Waals surface area contributed by atoms with Crippen LogP contribution in [0.1, 0.15) is 30.9 Å². The number of amides is 2. The Bertz CT molecular complexity index is 1380. The number of unbranched alkanes of at least 4 members (excludes halogenated alkanes) is 1. The second-order valence-corrected chi connectivity index (χ2v) is 12.3. The van der Waals surface area contributed by atoms with E-state index >= 15 is 0 Å². The number of rotatable bonds is 14. The molecule has 3 aromatic carbocycles. The summed E-state index contributed by atoms with van der Waals surface area (Å²) < 4.78 is 33.1. The van der Waals surface area contributed by atoms with Gasteiger partial charge in [-0.25, -0.2) is 8.42 Å². The summed E-state index contributed by atoms with van der Waals surface area (Å²) in [6.45, 7) is 2.13. The van der Waals surface area contributed by atoms with Gasteiger partial charge in [0.25, 0.3) is 0 Å². The van der Waals surface area contributed by atoms with Crippen LogP contribution >= 0.6 is 15.9 Å². The number of methoxy groups -OCH3 is 1. The molecule has 0 saturated heterocycles. The topological polar surface area (TPSA) is 96.0 Å². The Morgan fingerprint density at radius 1 is 0.975 bits per heavy atom. The smallest absolute Gasteiger partial charge is 0.244 e. The van der Waals surface area contributed by atoms with Crippen molar-refractivity contribution in [3.63, 3.8) is 0 Å². The number of nitrogens with zero attached hydrogens (tertiary/aromatic N) is 2. The van der Waals surface area contributed by atoms with Gasteiger partial charge in [-0.2, -0.15) is 0 Å². The van der Waals surface area contributed by atoms with Gasteiger partial charge in [-0.05, 0) is 41.8 Å². The van der Waals surface area contributed by atoms with Crippen LogP contribution in [0.5, 0.6) is 5.75 Å². The first-order valence-corrected chi connectivity index (χ1v) is 15.7. The SMILES string of the molecule is CCCCNC(=O)[C@H](Cc1ccccc1)N(Cc1cccc(Br)c1)C(=O)CN(c1ccccc1OC)S(C)(=O)=O. The monoisotopic (exact) mass is 629 g/mol. The van der Waals surface area contributed by atoms with Crippen molar-refractivity contribution >= 4 is 43.5 Å². The van der Waals surface area contributed by atoms with E-state index < -0.39 is 28.5 Å². The lowest BCUT2D eigenvalue weighted by atomic mass is 10.0. The van der Waals surface area contributed by atoms with Crippen molar-refractivity contribution in [3.8, 4) is 5.75 Å². The normalized spacial score (nSPS) is 11.9. The summed E-state index contributed by atoms with van der Waals surface area (Å²) in [5.74, 6) is -0.482. The molecule has 8 nitrogen and oxygen atoms in total. The maximum Gasteiger partial charge on any atom is 0.244 e. The van der Waals surface area contributed by atoms with Crippen molar-refractivity contribution in [2.45, 2.75) is 38.8 Å². The van der Waals surface area contributed by atoms with Gasteiger partial charge in [0, 0.05) is 24.0 Å². The summed E-state index contributed by atoms with van der Waals surface area (Å²) in [4.78, 5) is 29.2. The van der Waals surface area contributed by atoms with E-state index in [4.69, 9.17) is 4.74 Å². The van der Waals surface area contributed by atoms with Gasteiger partial charge in [0.05, 0.1) is 19.1 Å². The molecule has 1 N–H and O–H groups in total. The second kappa shape index (κ2) is 14.9. The molecule has 0 fully saturated rings. The zero-order valence-corrected chi connectivity index (χ0v) is 25.4. The lowest BCUT2D eigenvalue weighted by Gasteiger charge is -2.33. The summed E-state index contributed by atoms with van der Waals surface area (Å²) in [5.41, 5.74) is 1.93. The van der Waals surface area contributed by atoms with E-state index in [0.717, 1.165) is 39.0 Å². The number of carbonyl (C=O) groups excluding carboxylic acids is 2. The first-order valence-electron chi connectivity index (χ1n) is 13.1. The lowest BCUT2D eigenvalue weighted by Crippen LogP contribution is -2.53. The molecule has 0 saturated carbocycles. The Hall–Kier alpha value is -3.37. The molecule has 0 aliphatic carbocycles. The van der Waals surface area contributed by atoms with Gasteiger partial charge in [0.1, 0.15) is 18.3 Å². The van der Waals surface area contributed by atoms with Crippen LogP contribution < -0.4 is 14.4 Å². The minimum Gasteiger partial charge on any atom is -0.495 e. The fraction of sp³-hybridized carbons (Fsp3) is 0.333. The number of hydrogen-bond donors (Lipinski definition) is 1. The summed E-state index contributed by atoms with van der Waals surface area (Å²) in [7, 11) is -2.44. The van der Waals surface area contributed by atoms with Crippen molar-refractivity contribution in [2.75, 3.05) is 30.8 Å². The molecule has 0 spiro atoms. The van der Waals surface area contributed by atoms with Gasteiger partial charge in [0.15, 0.2) is 0 Å². The van der Waals surface area contributed by atoms with Crippen molar-refractivity contribution in [2.24, 2.45) is 0 Å². The third kappa shape index (κ3) is 8.82. The quantitative estimate of drug-likeness (QED) is 0.259.